The van der Waals surface area contributed by atoms with E-state index in [9.17, 15) is 24.6 Å². The number of carbonyl (C=O) groups excluding carboxylic acids is 3. The van der Waals surface area contributed by atoms with E-state index in [4.69, 9.17) is 5.21 Å². The number of nitrogens with zero attached hydrogens (tertiary/aromatic N) is 1. The number of hydrogen-bond acceptors (Lipinski definition) is 6. The van der Waals surface area contributed by atoms with Gasteiger partial charge in [-0.25, -0.2) is 5.48 Å². The summed E-state index contributed by atoms with van der Waals surface area (Å²) in [7, 11) is 0. The molecule has 0 bridgehead atoms. The van der Waals surface area contributed by atoms with Crippen LogP contribution in [-0.2, 0) is 20.8 Å². The molecule has 9 nitrogen and oxygen atoms in total. The van der Waals surface area contributed by atoms with E-state index in [1.807, 2.05) is 54.6 Å². The third-order valence-corrected chi connectivity index (χ3v) is 5.49. The van der Waals surface area contributed by atoms with Crippen LogP contribution < -0.4 is 10.8 Å². The number of rotatable bonds is 7. The van der Waals surface area contributed by atoms with Crippen LogP contribution in [-0.4, -0.2) is 68.9 Å². The van der Waals surface area contributed by atoms with Crippen LogP contribution in [0.4, 0.5) is 0 Å². The largest absolute Gasteiger partial charge is 0.391 e. The van der Waals surface area contributed by atoms with Gasteiger partial charge in [-0.05, 0) is 23.6 Å². The highest BCUT2D eigenvalue weighted by Gasteiger charge is 2.40. The fourth-order valence-corrected chi connectivity index (χ4v) is 3.78. The molecule has 4 atom stereocenters. The van der Waals surface area contributed by atoms with Crippen molar-refractivity contribution in [2.24, 2.45) is 0 Å². The van der Waals surface area contributed by atoms with Gasteiger partial charge in [0.25, 0.3) is 5.91 Å². The zero-order valence-corrected chi connectivity index (χ0v) is 17.6. The third-order valence-electron chi connectivity index (χ3n) is 5.49. The normalized spacial score (nSPS) is 19.8. The maximum absolute atomic E-state index is 12.9. The first kappa shape index (κ1) is 23.4. The molecule has 1 saturated heterocycles. The lowest BCUT2D eigenvalue weighted by Crippen LogP contribution is -2.56. The van der Waals surface area contributed by atoms with Crippen LogP contribution in [0.15, 0.2) is 54.6 Å². The molecule has 32 heavy (non-hydrogen) atoms. The van der Waals surface area contributed by atoms with Gasteiger partial charge >= 0.3 is 0 Å². The lowest BCUT2D eigenvalue weighted by atomic mass is 10.0. The Kier molecular flexibility index (Phi) is 7.57. The van der Waals surface area contributed by atoms with Crippen molar-refractivity contribution in [3.05, 3.63) is 60.2 Å². The summed E-state index contributed by atoms with van der Waals surface area (Å²) in [5.74, 6) is -2.01. The van der Waals surface area contributed by atoms with E-state index in [2.05, 4.69) is 5.32 Å². The zero-order chi connectivity index (χ0) is 23.3. The molecule has 5 N–H and O–H groups in total. The van der Waals surface area contributed by atoms with Crippen LogP contribution in [0.25, 0.3) is 11.1 Å². The fourth-order valence-electron chi connectivity index (χ4n) is 3.78. The fraction of sp³-hybridized carbons (Fsp3) is 0.348. The molecule has 0 aliphatic carbocycles. The summed E-state index contributed by atoms with van der Waals surface area (Å²) in [5.41, 5.74) is 4.23. The van der Waals surface area contributed by atoms with Crippen molar-refractivity contribution in [3.8, 4) is 11.1 Å². The molecule has 1 fully saturated rings. The van der Waals surface area contributed by atoms with Crippen LogP contribution in [0.5, 0.6) is 0 Å². The molecule has 0 spiro atoms. The number of amides is 3. The van der Waals surface area contributed by atoms with Gasteiger partial charge in [-0.3, -0.25) is 19.6 Å². The van der Waals surface area contributed by atoms with Crippen molar-refractivity contribution in [2.75, 3.05) is 6.54 Å². The summed E-state index contributed by atoms with van der Waals surface area (Å²) in [6, 6.07) is 15.0. The second kappa shape index (κ2) is 10.4. The summed E-state index contributed by atoms with van der Waals surface area (Å²) < 4.78 is 0. The summed E-state index contributed by atoms with van der Waals surface area (Å²) >= 11 is 0. The quantitative estimate of drug-likeness (QED) is 0.308. The van der Waals surface area contributed by atoms with Gasteiger partial charge in [0.05, 0.1) is 18.6 Å². The van der Waals surface area contributed by atoms with Crippen LogP contribution in [0.3, 0.4) is 0 Å². The molecular formula is C23H27N3O6. The van der Waals surface area contributed by atoms with E-state index in [0.29, 0.717) is 0 Å². The molecule has 3 rings (SSSR count). The lowest BCUT2D eigenvalue weighted by molar-refractivity contribution is -0.141. The average Bonchev–Trinajstić information content (AvgIpc) is 3.19. The predicted octanol–water partition coefficient (Wildman–Crippen LogP) is 0.229. The Labute approximate surface area is 185 Å². The van der Waals surface area contributed by atoms with Gasteiger partial charge in [0.1, 0.15) is 12.1 Å². The third kappa shape index (κ3) is 5.50. The molecule has 0 radical (unpaired) electrons. The smallest absolute Gasteiger partial charge is 0.268 e. The van der Waals surface area contributed by atoms with Crippen molar-refractivity contribution in [3.63, 3.8) is 0 Å². The second-order valence-electron chi connectivity index (χ2n) is 7.89. The highest BCUT2D eigenvalue weighted by molar-refractivity contribution is 5.93. The van der Waals surface area contributed by atoms with E-state index < -0.39 is 36.1 Å². The molecular weight excluding hydrogens is 414 g/mol. The van der Waals surface area contributed by atoms with E-state index >= 15 is 0 Å². The Hall–Kier alpha value is -3.27. The number of likely N-dealkylation sites (tertiary alicyclic amines) is 1. The van der Waals surface area contributed by atoms with Gasteiger partial charge in [-0.15, -0.1) is 0 Å². The summed E-state index contributed by atoms with van der Waals surface area (Å²) in [4.78, 5) is 38.6. The van der Waals surface area contributed by atoms with E-state index in [1.165, 1.54) is 17.3 Å². The number of carbonyl (C=O) groups is 3. The first-order valence-electron chi connectivity index (χ1n) is 10.3. The first-order valence-corrected chi connectivity index (χ1v) is 10.3. The number of benzene rings is 2. The number of β-amino-alcohol motifs (C(OH)–C–C–N with tert-alkyl or cyclic N) is 1. The van der Waals surface area contributed by atoms with E-state index in [0.717, 1.165) is 16.7 Å². The Balaban J connectivity index is 1.68. The maximum atomic E-state index is 12.9. The van der Waals surface area contributed by atoms with Gasteiger partial charge in [0.15, 0.2) is 0 Å². The van der Waals surface area contributed by atoms with Crippen molar-refractivity contribution in [2.45, 2.75) is 44.1 Å². The molecule has 0 unspecified atom stereocenters. The molecule has 0 aromatic heterocycles. The zero-order valence-electron chi connectivity index (χ0n) is 17.6. The Bertz CT molecular complexity index is 948. The Morgan fingerprint density at radius 3 is 2.28 bits per heavy atom. The minimum Gasteiger partial charge on any atom is -0.391 e. The SMILES string of the molecule is C[C@@H](O)[C@H](NC(=O)[C@@H]1C[C@@H](O)CN1C(=O)Cc1ccc(-c2ccccc2)cc1)C(=O)NO. The highest BCUT2D eigenvalue weighted by Crippen LogP contribution is 2.22. The lowest BCUT2D eigenvalue weighted by Gasteiger charge is -2.26. The predicted molar refractivity (Wildman–Crippen MR) is 115 cm³/mol. The summed E-state index contributed by atoms with van der Waals surface area (Å²) in [6.07, 6.45) is -2.10. The van der Waals surface area contributed by atoms with Crippen molar-refractivity contribution in [1.29, 1.82) is 0 Å². The number of hydroxylamine groups is 1. The number of hydrogen-bond donors (Lipinski definition) is 5. The standard InChI is InChI=1S/C23H27N3O6/c1-14(27)21(23(31)25-32)24-22(30)19-12-18(28)13-26(19)20(29)11-15-7-9-17(10-8-15)16-5-3-2-4-6-16/h2-10,14,18-19,21,27-28,32H,11-13H2,1H3,(H,24,30)(H,25,31)/t14-,18-,19+,21+/m1/s1. The van der Waals surface area contributed by atoms with Gasteiger partial charge < -0.3 is 20.4 Å². The van der Waals surface area contributed by atoms with Crippen molar-refractivity contribution in [1.82, 2.24) is 15.7 Å². The molecule has 0 saturated carbocycles. The second-order valence-corrected chi connectivity index (χ2v) is 7.89. The number of nitrogens with one attached hydrogen (secondary N) is 2. The topological polar surface area (TPSA) is 139 Å². The van der Waals surface area contributed by atoms with Gasteiger partial charge in [0, 0.05) is 13.0 Å². The van der Waals surface area contributed by atoms with E-state index in [-0.39, 0.29) is 25.3 Å². The van der Waals surface area contributed by atoms with Crippen molar-refractivity contribution < 1.29 is 29.8 Å². The monoisotopic (exact) mass is 441 g/mol. The Morgan fingerprint density at radius 2 is 1.69 bits per heavy atom. The van der Waals surface area contributed by atoms with Crippen LogP contribution in [0, 0.1) is 0 Å². The summed E-state index contributed by atoms with van der Waals surface area (Å²) in [6.45, 7) is 1.27. The van der Waals surface area contributed by atoms with E-state index in [1.54, 1.807) is 0 Å². The number of aliphatic hydroxyl groups excluding tert-OH is 2. The molecule has 1 heterocycles. The highest BCUT2D eigenvalue weighted by atomic mass is 16.5. The molecule has 1 aliphatic heterocycles. The van der Waals surface area contributed by atoms with Crippen LogP contribution in [0.1, 0.15) is 18.9 Å². The molecule has 2 aromatic carbocycles. The minimum atomic E-state index is -1.40. The average molecular weight is 441 g/mol. The first-order chi connectivity index (χ1) is 15.3. The van der Waals surface area contributed by atoms with Crippen molar-refractivity contribution >= 4 is 17.7 Å². The van der Waals surface area contributed by atoms with Gasteiger partial charge in [0.2, 0.25) is 11.8 Å². The molecule has 170 valence electrons. The van der Waals surface area contributed by atoms with Crippen LogP contribution >= 0.6 is 0 Å². The van der Waals surface area contributed by atoms with Gasteiger partial charge in [-0.2, -0.15) is 0 Å². The Morgan fingerprint density at radius 1 is 1.06 bits per heavy atom. The molecule has 3 amide bonds. The molecule has 2 aromatic rings. The summed E-state index contributed by atoms with van der Waals surface area (Å²) in [5, 5.41) is 30.9. The molecule has 9 heteroatoms. The number of aliphatic hydroxyl groups is 2. The minimum absolute atomic E-state index is 0.00936. The maximum Gasteiger partial charge on any atom is 0.268 e. The molecule has 1 aliphatic rings. The van der Waals surface area contributed by atoms with Gasteiger partial charge in [-0.1, -0.05) is 54.6 Å². The van der Waals surface area contributed by atoms with Crippen LogP contribution in [0.2, 0.25) is 0 Å².